The van der Waals surface area contributed by atoms with Gasteiger partial charge in [-0.2, -0.15) is 0 Å². The molecule has 0 saturated carbocycles. The quantitative estimate of drug-likeness (QED) is 0.581. The van der Waals surface area contributed by atoms with E-state index in [1.807, 2.05) is 7.05 Å². The highest BCUT2D eigenvalue weighted by atomic mass is 14.8. The first-order valence-corrected chi connectivity index (χ1v) is 4.54. The van der Waals surface area contributed by atoms with Crippen molar-refractivity contribution in [3.05, 3.63) is 12.2 Å². The van der Waals surface area contributed by atoms with Crippen LogP contribution in [-0.4, -0.2) is 13.6 Å². The first kappa shape index (κ1) is 10.7. The molecule has 0 aromatic rings. The van der Waals surface area contributed by atoms with Gasteiger partial charge >= 0.3 is 0 Å². The Labute approximate surface area is 70.9 Å². The van der Waals surface area contributed by atoms with E-state index < -0.39 is 0 Å². The summed E-state index contributed by atoms with van der Waals surface area (Å²) in [4.78, 5) is 0. The van der Waals surface area contributed by atoms with E-state index in [9.17, 15) is 0 Å². The van der Waals surface area contributed by atoms with Crippen molar-refractivity contribution in [2.24, 2.45) is 5.92 Å². The molecule has 0 fully saturated rings. The summed E-state index contributed by atoms with van der Waals surface area (Å²) >= 11 is 0. The van der Waals surface area contributed by atoms with Gasteiger partial charge in [0.15, 0.2) is 0 Å². The average molecular weight is 155 g/mol. The molecule has 0 bridgehead atoms. The molecule has 1 unspecified atom stereocenters. The Morgan fingerprint density at radius 1 is 1.55 bits per heavy atom. The zero-order valence-corrected chi connectivity index (χ0v) is 8.11. The van der Waals surface area contributed by atoms with Crippen molar-refractivity contribution in [1.82, 2.24) is 5.32 Å². The van der Waals surface area contributed by atoms with Crippen LogP contribution in [0.5, 0.6) is 0 Å². The molecule has 0 radical (unpaired) electrons. The lowest BCUT2D eigenvalue weighted by Crippen LogP contribution is -2.12. The van der Waals surface area contributed by atoms with Crippen molar-refractivity contribution in [1.29, 1.82) is 0 Å². The lowest BCUT2D eigenvalue weighted by Gasteiger charge is -2.13. The summed E-state index contributed by atoms with van der Waals surface area (Å²) in [5.74, 6) is 0.683. The second kappa shape index (κ2) is 6.41. The van der Waals surface area contributed by atoms with E-state index in [2.05, 4.69) is 25.7 Å². The third kappa shape index (κ3) is 5.02. The molecule has 1 heteroatoms. The highest BCUT2D eigenvalue weighted by Crippen LogP contribution is 2.16. The van der Waals surface area contributed by atoms with Gasteiger partial charge in [0.05, 0.1) is 0 Å². The van der Waals surface area contributed by atoms with Gasteiger partial charge < -0.3 is 5.32 Å². The molecule has 0 aliphatic rings. The van der Waals surface area contributed by atoms with E-state index in [0.717, 1.165) is 6.54 Å². The van der Waals surface area contributed by atoms with Gasteiger partial charge in [0, 0.05) is 0 Å². The third-order valence-electron chi connectivity index (χ3n) is 2.10. The van der Waals surface area contributed by atoms with Gasteiger partial charge in [-0.25, -0.2) is 0 Å². The fourth-order valence-electron chi connectivity index (χ4n) is 1.13. The number of allylic oxidation sites excluding steroid dienone is 1. The first-order valence-electron chi connectivity index (χ1n) is 4.54. The van der Waals surface area contributed by atoms with E-state index >= 15 is 0 Å². The van der Waals surface area contributed by atoms with Crippen LogP contribution >= 0.6 is 0 Å². The molecule has 11 heavy (non-hydrogen) atoms. The minimum absolute atomic E-state index is 0.683. The zero-order valence-electron chi connectivity index (χ0n) is 8.11. The number of nitrogens with one attached hydrogen (secondary N) is 1. The molecule has 0 saturated heterocycles. The van der Waals surface area contributed by atoms with Gasteiger partial charge in [0.2, 0.25) is 0 Å². The van der Waals surface area contributed by atoms with Gasteiger partial charge in [-0.3, -0.25) is 0 Å². The maximum absolute atomic E-state index is 4.07. The largest absolute Gasteiger partial charge is 0.320 e. The first-order chi connectivity index (χ1) is 5.22. The minimum Gasteiger partial charge on any atom is -0.320 e. The molecule has 0 aliphatic heterocycles. The predicted molar refractivity (Wildman–Crippen MR) is 51.8 cm³/mol. The van der Waals surface area contributed by atoms with Gasteiger partial charge in [-0.1, -0.05) is 32.4 Å². The van der Waals surface area contributed by atoms with E-state index in [-0.39, 0.29) is 0 Å². The van der Waals surface area contributed by atoms with Crippen LogP contribution in [0.15, 0.2) is 12.2 Å². The van der Waals surface area contributed by atoms with Crippen LogP contribution in [0, 0.1) is 5.92 Å². The van der Waals surface area contributed by atoms with E-state index in [1.165, 1.54) is 24.8 Å². The summed E-state index contributed by atoms with van der Waals surface area (Å²) in [6, 6.07) is 0. The molecule has 0 spiro atoms. The molecule has 1 atom stereocenters. The molecule has 0 rings (SSSR count). The number of hydrogen-bond acceptors (Lipinski definition) is 1. The summed E-state index contributed by atoms with van der Waals surface area (Å²) in [5, 5.41) is 3.15. The highest BCUT2D eigenvalue weighted by Gasteiger charge is 2.03. The van der Waals surface area contributed by atoms with Gasteiger partial charge in [0.25, 0.3) is 0 Å². The van der Waals surface area contributed by atoms with Crippen LogP contribution in [0.4, 0.5) is 0 Å². The zero-order chi connectivity index (χ0) is 8.69. The summed E-state index contributed by atoms with van der Waals surface area (Å²) in [6.45, 7) is 9.63. The van der Waals surface area contributed by atoms with E-state index in [0.29, 0.717) is 5.92 Å². The maximum atomic E-state index is 4.07. The van der Waals surface area contributed by atoms with Crippen LogP contribution in [0.25, 0.3) is 0 Å². The monoisotopic (exact) mass is 155 g/mol. The molecular weight excluding hydrogens is 134 g/mol. The van der Waals surface area contributed by atoms with Crippen molar-refractivity contribution >= 4 is 0 Å². The van der Waals surface area contributed by atoms with E-state index in [1.54, 1.807) is 0 Å². The van der Waals surface area contributed by atoms with Crippen LogP contribution in [0.2, 0.25) is 0 Å². The number of rotatable bonds is 6. The lowest BCUT2D eigenvalue weighted by molar-refractivity contribution is 0.565. The summed E-state index contributed by atoms with van der Waals surface area (Å²) in [6.07, 6.45) is 3.63. The Balaban J connectivity index is 3.46. The second-order valence-corrected chi connectivity index (χ2v) is 3.20. The average Bonchev–Trinajstić information content (AvgIpc) is 2.00. The number of hydrogen-bond donors (Lipinski definition) is 1. The molecule has 66 valence electrons. The normalized spacial score (nSPS) is 13.0. The fourth-order valence-corrected chi connectivity index (χ4v) is 1.13. The molecule has 0 heterocycles. The maximum Gasteiger partial charge on any atom is -0.00463 e. The third-order valence-corrected chi connectivity index (χ3v) is 2.10. The van der Waals surface area contributed by atoms with Gasteiger partial charge in [-0.15, -0.1) is 0 Å². The molecule has 0 aromatic heterocycles. The van der Waals surface area contributed by atoms with E-state index in [4.69, 9.17) is 0 Å². The molecule has 0 aliphatic carbocycles. The Hall–Kier alpha value is -0.300. The predicted octanol–water partition coefficient (Wildman–Crippen LogP) is 2.59. The molecule has 0 amide bonds. The molecule has 1 nitrogen and oxygen atoms in total. The van der Waals surface area contributed by atoms with Gasteiger partial charge in [-0.05, 0) is 32.4 Å². The van der Waals surface area contributed by atoms with Crippen molar-refractivity contribution in [2.75, 3.05) is 13.6 Å². The molecule has 1 N–H and O–H groups in total. The Morgan fingerprint density at radius 2 is 2.18 bits per heavy atom. The SMILES string of the molecule is C=C(CCC)C(C)CCNC. The van der Waals surface area contributed by atoms with Crippen LogP contribution in [0.3, 0.4) is 0 Å². The summed E-state index contributed by atoms with van der Waals surface area (Å²) in [7, 11) is 2.00. The van der Waals surface area contributed by atoms with Crippen molar-refractivity contribution in [3.8, 4) is 0 Å². The highest BCUT2D eigenvalue weighted by molar-refractivity contribution is 4.98. The second-order valence-electron chi connectivity index (χ2n) is 3.20. The smallest absolute Gasteiger partial charge is 0.00463 e. The fraction of sp³-hybridized carbons (Fsp3) is 0.800. The van der Waals surface area contributed by atoms with Crippen LogP contribution in [0.1, 0.15) is 33.1 Å². The Morgan fingerprint density at radius 3 is 2.64 bits per heavy atom. The van der Waals surface area contributed by atoms with Crippen molar-refractivity contribution < 1.29 is 0 Å². The van der Waals surface area contributed by atoms with Crippen molar-refractivity contribution in [3.63, 3.8) is 0 Å². The van der Waals surface area contributed by atoms with Gasteiger partial charge in [0.1, 0.15) is 0 Å². The standard InChI is InChI=1S/C10H21N/c1-5-6-9(2)10(3)7-8-11-4/h10-11H,2,5-8H2,1,3-4H3. The summed E-state index contributed by atoms with van der Waals surface area (Å²) < 4.78 is 0. The molecule has 0 aromatic carbocycles. The van der Waals surface area contributed by atoms with Crippen LogP contribution in [-0.2, 0) is 0 Å². The Kier molecular flexibility index (Phi) is 6.24. The van der Waals surface area contributed by atoms with Crippen molar-refractivity contribution in [2.45, 2.75) is 33.1 Å². The topological polar surface area (TPSA) is 12.0 Å². The van der Waals surface area contributed by atoms with Crippen LogP contribution < -0.4 is 5.32 Å². The minimum atomic E-state index is 0.683. The molecular formula is C10H21N. The Bertz CT molecular complexity index is 107. The summed E-state index contributed by atoms with van der Waals surface area (Å²) in [5.41, 5.74) is 1.41. The lowest BCUT2D eigenvalue weighted by atomic mass is 9.96.